The molecule has 7 nitrogen and oxygen atoms in total. The van der Waals surface area contributed by atoms with E-state index in [4.69, 9.17) is 9.29 Å². The first-order valence-electron chi connectivity index (χ1n) is 9.35. The van der Waals surface area contributed by atoms with Gasteiger partial charge in [-0.2, -0.15) is 43.5 Å². The fourth-order valence-corrected chi connectivity index (χ4v) is 4.69. The number of aliphatic hydroxyl groups is 1. The Morgan fingerprint density at radius 1 is 1.00 bits per heavy atom. The SMILES string of the molecule is C=C(COCC(F)(F)S(=O)(=O)O)C(=O)OCC1CC2CC1C(C(O)(C(F)(F)F)C(F)(F)F)C2. The number of carbonyl (C=O) groups is 1. The summed E-state index contributed by atoms with van der Waals surface area (Å²) in [6.07, 6.45) is -12.3. The van der Waals surface area contributed by atoms with E-state index < -0.39 is 94.8 Å². The van der Waals surface area contributed by atoms with Crippen LogP contribution < -0.4 is 0 Å². The van der Waals surface area contributed by atoms with Crippen molar-refractivity contribution >= 4 is 16.1 Å². The van der Waals surface area contributed by atoms with Crippen LogP contribution in [-0.2, 0) is 24.4 Å². The maximum Gasteiger partial charge on any atom is 0.426 e. The first-order chi connectivity index (χ1) is 14.7. The highest BCUT2D eigenvalue weighted by Gasteiger charge is 2.76. The highest BCUT2D eigenvalue weighted by molar-refractivity contribution is 7.86. The molecule has 0 amide bonds. The average Bonchev–Trinajstić information content (AvgIpc) is 3.22. The van der Waals surface area contributed by atoms with Crippen LogP contribution in [0.15, 0.2) is 12.2 Å². The third-order valence-corrected chi connectivity index (χ3v) is 6.87. The van der Waals surface area contributed by atoms with Gasteiger partial charge in [-0.15, -0.1) is 0 Å². The third-order valence-electron chi connectivity index (χ3n) is 5.99. The second kappa shape index (κ2) is 8.92. The van der Waals surface area contributed by atoms with Gasteiger partial charge >= 0.3 is 33.7 Å². The normalized spacial score (nSPS) is 26.5. The zero-order chi connectivity index (χ0) is 25.6. The van der Waals surface area contributed by atoms with Crippen molar-refractivity contribution in [3.8, 4) is 0 Å². The monoisotopic (exact) mass is 520 g/mol. The second-order valence-corrected chi connectivity index (χ2v) is 9.72. The number of carbonyl (C=O) groups excluding carboxylic acids is 1. The van der Waals surface area contributed by atoms with Crippen molar-refractivity contribution in [2.45, 2.75) is 42.5 Å². The number of ether oxygens (including phenoxy) is 2. The van der Waals surface area contributed by atoms with E-state index in [1.807, 2.05) is 0 Å². The lowest BCUT2D eigenvalue weighted by atomic mass is 9.71. The molecule has 0 radical (unpaired) electrons. The molecule has 2 rings (SSSR count). The summed E-state index contributed by atoms with van der Waals surface area (Å²) in [6.45, 7) is -0.227. The zero-order valence-electron chi connectivity index (χ0n) is 16.6. The van der Waals surface area contributed by atoms with E-state index in [-0.39, 0.29) is 12.8 Å². The maximum absolute atomic E-state index is 13.2. The van der Waals surface area contributed by atoms with Crippen molar-refractivity contribution in [1.82, 2.24) is 0 Å². The number of hydrogen-bond acceptors (Lipinski definition) is 6. The molecule has 16 heteroatoms. The summed E-state index contributed by atoms with van der Waals surface area (Å²) >= 11 is 0. The van der Waals surface area contributed by atoms with Gasteiger partial charge in [-0.05, 0) is 37.0 Å². The van der Waals surface area contributed by atoms with Crippen LogP contribution >= 0.6 is 0 Å². The van der Waals surface area contributed by atoms with Gasteiger partial charge in [-0.1, -0.05) is 6.58 Å². The molecule has 0 spiro atoms. The Morgan fingerprint density at radius 2 is 1.55 bits per heavy atom. The Bertz CT molecular complexity index is 854. The molecule has 2 N–H and O–H groups in total. The second-order valence-electron chi connectivity index (χ2n) is 8.17. The van der Waals surface area contributed by atoms with Crippen LogP contribution in [0, 0.1) is 23.7 Å². The summed E-state index contributed by atoms with van der Waals surface area (Å²) in [5.41, 5.74) is -5.51. The van der Waals surface area contributed by atoms with Gasteiger partial charge in [0.15, 0.2) is 0 Å². The fraction of sp³-hybridized carbons (Fsp3) is 0.824. The van der Waals surface area contributed by atoms with Crippen LogP contribution in [0.5, 0.6) is 0 Å². The molecule has 2 aliphatic carbocycles. The van der Waals surface area contributed by atoms with Crippen LogP contribution in [0.3, 0.4) is 0 Å². The molecule has 0 aromatic rings. The maximum atomic E-state index is 13.2. The van der Waals surface area contributed by atoms with Crippen LogP contribution in [-0.4, -0.2) is 67.1 Å². The molecule has 0 aromatic heterocycles. The summed E-state index contributed by atoms with van der Waals surface area (Å²) in [5, 5.41) is 5.04. The molecule has 2 bridgehead atoms. The average molecular weight is 520 g/mol. The van der Waals surface area contributed by atoms with Gasteiger partial charge < -0.3 is 14.6 Å². The summed E-state index contributed by atoms with van der Waals surface area (Å²) in [7, 11) is -5.77. The zero-order valence-corrected chi connectivity index (χ0v) is 17.4. The molecule has 4 unspecified atom stereocenters. The molecular formula is C17H20F8O7S. The van der Waals surface area contributed by atoms with Gasteiger partial charge in [0.1, 0.15) is 6.61 Å². The van der Waals surface area contributed by atoms with E-state index in [0.29, 0.717) is 0 Å². The van der Waals surface area contributed by atoms with Gasteiger partial charge in [0.2, 0.25) is 0 Å². The van der Waals surface area contributed by atoms with Gasteiger partial charge in [-0.3, -0.25) is 4.55 Å². The van der Waals surface area contributed by atoms with E-state index in [0.717, 1.165) is 0 Å². The van der Waals surface area contributed by atoms with E-state index in [2.05, 4.69) is 11.3 Å². The smallest absolute Gasteiger partial charge is 0.426 e. The van der Waals surface area contributed by atoms with Gasteiger partial charge in [0, 0.05) is 5.92 Å². The van der Waals surface area contributed by atoms with Crippen molar-refractivity contribution in [3.05, 3.63) is 12.2 Å². The first-order valence-corrected chi connectivity index (χ1v) is 10.8. The number of fused-ring (bicyclic) bond motifs is 2. The highest BCUT2D eigenvalue weighted by atomic mass is 32.2. The summed E-state index contributed by atoms with van der Waals surface area (Å²) in [5.74, 6) is -6.16. The van der Waals surface area contributed by atoms with Crippen molar-refractivity contribution in [3.63, 3.8) is 0 Å². The Balaban J connectivity index is 1.96. The Labute approximate surface area is 182 Å². The number of hydrogen-bond donors (Lipinski definition) is 2. The fourth-order valence-electron chi connectivity index (χ4n) is 4.46. The van der Waals surface area contributed by atoms with E-state index in [9.17, 15) is 53.4 Å². The van der Waals surface area contributed by atoms with E-state index in [1.54, 1.807) is 0 Å². The highest BCUT2D eigenvalue weighted by Crippen LogP contribution is 2.61. The van der Waals surface area contributed by atoms with Gasteiger partial charge in [0.25, 0.3) is 5.60 Å². The first kappa shape index (κ1) is 27.7. The number of rotatable bonds is 9. The van der Waals surface area contributed by atoms with E-state index in [1.165, 1.54) is 0 Å². The third kappa shape index (κ3) is 5.43. The van der Waals surface area contributed by atoms with Crippen molar-refractivity contribution < 1.29 is 67.5 Å². The van der Waals surface area contributed by atoms with Crippen LogP contribution in [0.25, 0.3) is 0 Å². The number of halogens is 8. The molecule has 0 heterocycles. The van der Waals surface area contributed by atoms with Crippen LogP contribution in [0.2, 0.25) is 0 Å². The predicted molar refractivity (Wildman–Crippen MR) is 92.3 cm³/mol. The topological polar surface area (TPSA) is 110 Å². The van der Waals surface area contributed by atoms with Gasteiger partial charge in [0.05, 0.1) is 18.8 Å². The lowest BCUT2D eigenvalue weighted by Crippen LogP contribution is -2.63. The minimum absolute atomic E-state index is 0.0316. The van der Waals surface area contributed by atoms with Crippen molar-refractivity contribution in [2.24, 2.45) is 23.7 Å². The van der Waals surface area contributed by atoms with Crippen molar-refractivity contribution in [2.75, 3.05) is 19.8 Å². The lowest BCUT2D eigenvalue weighted by Gasteiger charge is -2.42. The number of esters is 1. The molecule has 2 aliphatic rings. The largest absolute Gasteiger partial charge is 0.462 e. The molecule has 2 saturated carbocycles. The molecule has 0 saturated heterocycles. The minimum atomic E-state index is -5.97. The Kier molecular flexibility index (Phi) is 7.50. The molecule has 2 fully saturated rings. The quantitative estimate of drug-likeness (QED) is 0.208. The Morgan fingerprint density at radius 3 is 2.00 bits per heavy atom. The molecule has 4 atom stereocenters. The summed E-state index contributed by atoms with van der Waals surface area (Å²) in [6, 6.07) is 0. The standard InChI is InChI=1S/C17H20F8O7S/c1-8(5-31-7-14(18,19)33(28,29)30)13(26)32-6-10-2-9-3-11(10)12(4-9)15(27,16(20,21)22)17(23,24)25/h9-12,27H,1-7H2,(H,28,29,30). The molecule has 0 aliphatic heterocycles. The molecular weight excluding hydrogens is 500 g/mol. The lowest BCUT2D eigenvalue weighted by molar-refractivity contribution is -0.390. The van der Waals surface area contributed by atoms with Crippen LogP contribution in [0.1, 0.15) is 19.3 Å². The number of alkyl halides is 8. The minimum Gasteiger partial charge on any atom is -0.462 e. The summed E-state index contributed by atoms with van der Waals surface area (Å²) < 4.78 is 144. The predicted octanol–water partition coefficient (Wildman–Crippen LogP) is 3.10. The van der Waals surface area contributed by atoms with Crippen molar-refractivity contribution in [1.29, 1.82) is 0 Å². The van der Waals surface area contributed by atoms with E-state index >= 15 is 0 Å². The molecule has 192 valence electrons. The molecule has 0 aromatic carbocycles. The summed E-state index contributed by atoms with van der Waals surface area (Å²) in [4.78, 5) is 11.9. The van der Waals surface area contributed by atoms with Crippen LogP contribution in [0.4, 0.5) is 35.1 Å². The van der Waals surface area contributed by atoms with Gasteiger partial charge in [-0.25, -0.2) is 4.79 Å². The molecule has 33 heavy (non-hydrogen) atoms. The Hall–Kier alpha value is -1.52.